The molecule has 2 aromatic carbocycles. The summed E-state index contributed by atoms with van der Waals surface area (Å²) in [6.45, 7) is 7.91. The number of azo groups is 2. The van der Waals surface area contributed by atoms with E-state index >= 15 is 0 Å². The molecule has 0 amide bonds. The topological polar surface area (TPSA) is 63.7 Å². The van der Waals surface area contributed by atoms with Gasteiger partial charge in [-0.2, -0.15) is 0 Å². The Morgan fingerprint density at radius 1 is 0.615 bits per heavy atom. The number of rotatable bonds is 12. The van der Waals surface area contributed by atoms with Gasteiger partial charge < -0.3 is 43.8 Å². The van der Waals surface area contributed by atoms with E-state index in [2.05, 4.69) is 91.6 Å². The highest BCUT2D eigenvalue weighted by Gasteiger charge is 2.11. The number of nitrogens with zero attached hydrogens (tertiary/aromatic N) is 8. The zero-order valence-corrected chi connectivity index (χ0v) is 27.4. The Bertz CT molecular complexity index is 1220. The smallest absolute Gasteiger partial charge is 0.408 e. The summed E-state index contributed by atoms with van der Waals surface area (Å²) in [5.74, 6) is 0. The second-order valence-electron chi connectivity index (χ2n) is 8.57. The Labute approximate surface area is 259 Å². The molecule has 12 heteroatoms. The maximum Gasteiger partial charge on any atom is 0.408 e. The van der Waals surface area contributed by atoms with Crippen molar-refractivity contribution in [2.45, 2.75) is 33.4 Å². The minimum atomic E-state index is 0. The number of thiazole rings is 2. The average molecular weight is 695 g/mol. The van der Waals surface area contributed by atoms with E-state index < -0.39 is 0 Å². The fraction of sp³-hybridized carbons (Fsp3) is 0.333. The first-order valence-corrected chi connectivity index (χ1v) is 14.2. The number of aryl methyl sites for hydroxylation is 2. The van der Waals surface area contributed by atoms with Gasteiger partial charge in [0, 0.05) is 49.3 Å². The van der Waals surface area contributed by atoms with Gasteiger partial charge in [-0.1, -0.05) is 0 Å². The molecular weight excluding hydrogens is 660 g/mol. The average Bonchev–Trinajstić information content (AvgIpc) is 3.60. The maximum absolute atomic E-state index is 4.39. The molecule has 0 N–H and O–H groups in total. The minimum Gasteiger partial charge on any atom is -1.00 e. The highest BCUT2D eigenvalue weighted by Crippen LogP contribution is 2.24. The quantitative estimate of drug-likeness (QED) is 0.166. The van der Waals surface area contributed by atoms with E-state index in [4.69, 9.17) is 0 Å². The van der Waals surface area contributed by atoms with Crippen molar-refractivity contribution >= 4 is 55.7 Å². The zero-order chi connectivity index (χ0) is 26.0. The molecule has 2 aromatic heterocycles. The lowest BCUT2D eigenvalue weighted by atomic mass is 10.2. The van der Waals surface area contributed by atoms with Gasteiger partial charge >= 0.3 is 10.3 Å². The van der Waals surface area contributed by atoms with Gasteiger partial charge in [-0.25, -0.2) is 9.13 Å². The third-order valence-corrected chi connectivity index (χ3v) is 7.64. The van der Waals surface area contributed by atoms with Crippen LogP contribution in [0.3, 0.4) is 0 Å². The molecule has 0 saturated carbocycles. The Balaban J connectivity index is 0.00000267. The van der Waals surface area contributed by atoms with E-state index in [1.807, 2.05) is 47.4 Å². The molecule has 0 bridgehead atoms. The molecule has 4 rings (SSSR count). The Morgan fingerprint density at radius 3 is 1.36 bits per heavy atom. The number of halogens is 2. The lowest BCUT2D eigenvalue weighted by Gasteiger charge is -2.23. The Morgan fingerprint density at radius 2 is 1.00 bits per heavy atom. The summed E-state index contributed by atoms with van der Waals surface area (Å²) < 4.78 is 4.17. The van der Waals surface area contributed by atoms with Gasteiger partial charge in [0.1, 0.15) is 23.8 Å². The van der Waals surface area contributed by atoms with Crippen molar-refractivity contribution in [1.82, 2.24) is 0 Å². The fourth-order valence-electron chi connectivity index (χ4n) is 3.79. The third kappa shape index (κ3) is 9.26. The molecule has 208 valence electrons. The first-order chi connectivity index (χ1) is 18.1. The van der Waals surface area contributed by atoms with Crippen molar-refractivity contribution in [3.8, 4) is 0 Å². The number of benzene rings is 2. The van der Waals surface area contributed by atoms with Crippen LogP contribution in [0, 0.1) is 0 Å². The lowest BCUT2D eigenvalue weighted by molar-refractivity contribution is -0.677. The summed E-state index contributed by atoms with van der Waals surface area (Å²) in [7, 11) is 4.25. The molecule has 0 radical (unpaired) electrons. The summed E-state index contributed by atoms with van der Waals surface area (Å²) in [5, 5.41) is 23.4. The lowest BCUT2D eigenvalue weighted by Crippen LogP contribution is -3.00. The molecule has 0 saturated heterocycles. The zero-order valence-electron chi connectivity index (χ0n) is 22.6. The summed E-state index contributed by atoms with van der Waals surface area (Å²) in [5.41, 5.74) is 4.06. The monoisotopic (exact) mass is 692 g/mol. The van der Waals surface area contributed by atoms with Crippen LogP contribution in [-0.4, -0.2) is 27.2 Å². The second kappa shape index (κ2) is 16.5. The molecule has 0 aliphatic heterocycles. The van der Waals surface area contributed by atoms with E-state index in [0.29, 0.717) is 0 Å². The molecule has 39 heavy (non-hydrogen) atoms. The molecule has 2 heterocycles. The van der Waals surface area contributed by atoms with Crippen molar-refractivity contribution < 1.29 is 43.1 Å². The predicted octanol–water partition coefficient (Wildman–Crippen LogP) is 1.23. The standard InChI is InChI=1S/C27H34N8S2.2BrH/c1-5-34-18-20-36-26(34)30-28-22-8-12-24(13-9-22)32(3)16-7-17-33(4)25-14-10-23(11-15-25)29-31-27-35(6-2)19-21-37-27;;/h8-15,18-21H,5-7,16-17H2,1-4H3;2*1H/q+2;;/p-2. The molecule has 0 aliphatic rings. The van der Waals surface area contributed by atoms with Crippen LogP contribution < -0.4 is 52.9 Å². The molecule has 0 atom stereocenters. The Hall–Kier alpha value is -2.54. The van der Waals surface area contributed by atoms with Crippen LogP contribution in [0.15, 0.2) is 92.1 Å². The van der Waals surface area contributed by atoms with Crippen LogP contribution in [0.5, 0.6) is 0 Å². The normalized spacial score (nSPS) is 11.0. The van der Waals surface area contributed by atoms with Crippen molar-refractivity contribution in [3.63, 3.8) is 0 Å². The molecule has 4 aromatic rings. The number of hydrogen-bond acceptors (Lipinski definition) is 8. The first kappa shape index (κ1) is 32.7. The van der Waals surface area contributed by atoms with Crippen molar-refractivity contribution in [2.24, 2.45) is 20.5 Å². The fourth-order valence-corrected chi connectivity index (χ4v) is 5.27. The summed E-state index contributed by atoms with van der Waals surface area (Å²) in [6.07, 6.45) is 5.11. The largest absolute Gasteiger partial charge is 1.00 e. The Kier molecular flexibility index (Phi) is 13.9. The molecule has 0 aliphatic carbocycles. The van der Waals surface area contributed by atoms with Crippen LogP contribution in [0.4, 0.5) is 33.0 Å². The van der Waals surface area contributed by atoms with E-state index in [0.717, 1.165) is 54.2 Å². The molecule has 0 fully saturated rings. The van der Waals surface area contributed by atoms with Crippen molar-refractivity contribution in [2.75, 3.05) is 37.0 Å². The maximum atomic E-state index is 4.39. The predicted molar refractivity (Wildman–Crippen MR) is 153 cm³/mol. The number of hydrogen-bond donors (Lipinski definition) is 0. The SMILES string of the molecule is CC[n+]1ccsc1N=Nc1ccc(N(C)CCCN(C)c2ccc(N=Nc3scc[n+]3CC)cc2)cc1.[Br-].[Br-]. The number of aromatic nitrogens is 2. The van der Waals surface area contributed by atoms with Crippen LogP contribution >= 0.6 is 22.7 Å². The molecule has 0 spiro atoms. The van der Waals surface area contributed by atoms with Crippen LogP contribution in [0.25, 0.3) is 0 Å². The van der Waals surface area contributed by atoms with E-state index in [-0.39, 0.29) is 34.0 Å². The van der Waals surface area contributed by atoms with Crippen LogP contribution in [-0.2, 0) is 13.1 Å². The van der Waals surface area contributed by atoms with Gasteiger partial charge in [0.2, 0.25) is 0 Å². The minimum absolute atomic E-state index is 0. The molecule has 0 unspecified atom stereocenters. The summed E-state index contributed by atoms with van der Waals surface area (Å²) >= 11 is 3.19. The molecule has 8 nitrogen and oxygen atoms in total. The van der Waals surface area contributed by atoms with Crippen LogP contribution in [0.2, 0.25) is 0 Å². The first-order valence-electron chi connectivity index (χ1n) is 12.5. The molecular formula is C27H34Br2N8S2. The van der Waals surface area contributed by atoms with Gasteiger partial charge in [0.05, 0.1) is 23.3 Å². The van der Waals surface area contributed by atoms with Gasteiger partial charge in [0.25, 0.3) is 0 Å². The van der Waals surface area contributed by atoms with Gasteiger partial charge in [-0.05, 0) is 102 Å². The van der Waals surface area contributed by atoms with Crippen molar-refractivity contribution in [1.29, 1.82) is 0 Å². The van der Waals surface area contributed by atoms with Gasteiger partial charge in [-0.15, -0.1) is 0 Å². The highest BCUT2D eigenvalue weighted by atomic mass is 79.9. The van der Waals surface area contributed by atoms with E-state index in [9.17, 15) is 0 Å². The van der Waals surface area contributed by atoms with E-state index in [1.165, 1.54) is 11.4 Å². The number of anilines is 2. The van der Waals surface area contributed by atoms with Gasteiger partial charge in [0.15, 0.2) is 0 Å². The second-order valence-corrected chi connectivity index (χ2v) is 10.3. The van der Waals surface area contributed by atoms with E-state index in [1.54, 1.807) is 22.7 Å². The third-order valence-electron chi connectivity index (χ3n) is 6.07. The van der Waals surface area contributed by atoms with Crippen molar-refractivity contribution in [3.05, 3.63) is 71.7 Å². The highest BCUT2D eigenvalue weighted by molar-refractivity contribution is 7.13. The summed E-state index contributed by atoms with van der Waals surface area (Å²) in [4.78, 5) is 4.55. The summed E-state index contributed by atoms with van der Waals surface area (Å²) in [6, 6.07) is 16.5. The van der Waals surface area contributed by atoms with Crippen LogP contribution in [0.1, 0.15) is 20.3 Å². The van der Waals surface area contributed by atoms with Gasteiger partial charge in [-0.3, -0.25) is 0 Å².